The van der Waals surface area contributed by atoms with E-state index in [9.17, 15) is 4.79 Å². The number of nitrogen functional groups attached to an aromatic ring is 1. The fraction of sp³-hybridized carbons (Fsp3) is 0.174. The van der Waals surface area contributed by atoms with E-state index in [1.54, 1.807) is 30.3 Å². The Bertz CT molecular complexity index is 966. The molecule has 0 saturated heterocycles. The van der Waals surface area contributed by atoms with Crippen molar-refractivity contribution in [2.45, 2.75) is 13.8 Å². The second kappa shape index (κ2) is 12.1. The lowest BCUT2D eigenvalue weighted by Crippen LogP contribution is -2.11. The SMILES string of the molecule is CCOCOC(=O)c1ccccc1Nc1c(Cl)ccc(C)c1Cl.Nc1ccccc1. The van der Waals surface area contributed by atoms with Crippen LogP contribution >= 0.6 is 23.2 Å². The first-order valence-corrected chi connectivity index (χ1v) is 10.1. The van der Waals surface area contributed by atoms with Crippen molar-refractivity contribution in [2.75, 3.05) is 24.5 Å². The van der Waals surface area contributed by atoms with Crippen molar-refractivity contribution in [3.63, 3.8) is 0 Å². The summed E-state index contributed by atoms with van der Waals surface area (Å²) in [6.07, 6.45) is 0. The number of rotatable bonds is 6. The van der Waals surface area contributed by atoms with Gasteiger partial charge in [-0.25, -0.2) is 4.79 Å². The van der Waals surface area contributed by atoms with Gasteiger partial charge in [-0.15, -0.1) is 0 Å². The van der Waals surface area contributed by atoms with E-state index in [1.807, 2.05) is 50.2 Å². The minimum atomic E-state index is -0.485. The third-order valence-corrected chi connectivity index (χ3v) is 4.77. The molecule has 0 spiro atoms. The van der Waals surface area contributed by atoms with E-state index in [2.05, 4.69) is 5.32 Å². The lowest BCUT2D eigenvalue weighted by Gasteiger charge is -2.15. The number of hydrogen-bond donors (Lipinski definition) is 2. The van der Waals surface area contributed by atoms with Crippen LogP contribution in [-0.4, -0.2) is 19.4 Å². The number of esters is 1. The average Bonchev–Trinajstić information content (AvgIpc) is 2.75. The number of nitrogens with two attached hydrogens (primary N) is 1. The first kappa shape index (κ1) is 23.5. The van der Waals surface area contributed by atoms with Gasteiger partial charge in [-0.2, -0.15) is 0 Å². The molecule has 0 aliphatic carbocycles. The van der Waals surface area contributed by atoms with Gasteiger partial charge >= 0.3 is 5.97 Å². The first-order valence-electron chi connectivity index (χ1n) is 9.30. The van der Waals surface area contributed by atoms with Gasteiger partial charge in [0.1, 0.15) is 0 Å². The minimum absolute atomic E-state index is 0.0877. The number of carbonyl (C=O) groups is 1. The summed E-state index contributed by atoms with van der Waals surface area (Å²) >= 11 is 12.5. The zero-order valence-electron chi connectivity index (χ0n) is 16.8. The molecule has 0 radical (unpaired) electrons. The highest BCUT2D eigenvalue weighted by molar-refractivity contribution is 6.39. The Labute approximate surface area is 186 Å². The first-order chi connectivity index (χ1) is 14.4. The number of ether oxygens (including phenoxy) is 2. The summed E-state index contributed by atoms with van der Waals surface area (Å²) in [5.41, 5.74) is 8.55. The van der Waals surface area contributed by atoms with Gasteiger partial charge in [0.15, 0.2) is 6.79 Å². The molecule has 3 N–H and O–H groups in total. The number of halogens is 2. The Morgan fingerprint density at radius 2 is 1.67 bits per heavy atom. The standard InChI is InChI=1S/C17H17Cl2NO3.C6H7N/c1-3-22-10-23-17(21)12-6-4-5-7-14(12)20-16-13(18)9-8-11(2)15(16)19;7-6-4-2-1-3-5-6/h4-9,20H,3,10H2,1-2H3;1-5H,7H2. The van der Waals surface area contributed by atoms with Crippen molar-refractivity contribution >= 4 is 46.2 Å². The van der Waals surface area contributed by atoms with Gasteiger partial charge in [0.25, 0.3) is 0 Å². The van der Waals surface area contributed by atoms with Crippen LogP contribution in [0.3, 0.4) is 0 Å². The minimum Gasteiger partial charge on any atom is -0.435 e. The van der Waals surface area contributed by atoms with Gasteiger partial charge in [0.05, 0.1) is 27.0 Å². The van der Waals surface area contributed by atoms with Gasteiger partial charge in [-0.1, -0.05) is 59.6 Å². The van der Waals surface area contributed by atoms with Crippen molar-refractivity contribution in [2.24, 2.45) is 0 Å². The van der Waals surface area contributed by atoms with Gasteiger partial charge in [0.2, 0.25) is 0 Å². The summed E-state index contributed by atoms with van der Waals surface area (Å²) in [5, 5.41) is 4.10. The highest BCUT2D eigenvalue weighted by Crippen LogP contribution is 2.36. The Kier molecular flexibility index (Phi) is 9.48. The quantitative estimate of drug-likeness (QED) is 0.196. The fourth-order valence-corrected chi connectivity index (χ4v) is 2.85. The van der Waals surface area contributed by atoms with Crippen LogP contribution < -0.4 is 11.1 Å². The maximum Gasteiger partial charge on any atom is 0.342 e. The summed E-state index contributed by atoms with van der Waals surface area (Å²) in [4.78, 5) is 12.2. The Morgan fingerprint density at radius 1 is 1.00 bits per heavy atom. The molecule has 0 heterocycles. The van der Waals surface area contributed by atoms with E-state index < -0.39 is 5.97 Å². The maximum absolute atomic E-state index is 12.2. The van der Waals surface area contributed by atoms with Crippen LogP contribution in [0, 0.1) is 6.92 Å². The molecule has 0 aliphatic heterocycles. The molecule has 0 bridgehead atoms. The molecule has 0 amide bonds. The number of para-hydroxylation sites is 2. The molecular weight excluding hydrogens is 423 g/mol. The second-order valence-electron chi connectivity index (χ2n) is 6.18. The van der Waals surface area contributed by atoms with Gasteiger partial charge in [-0.05, 0) is 49.7 Å². The van der Waals surface area contributed by atoms with Crippen LogP contribution in [-0.2, 0) is 9.47 Å². The Morgan fingerprint density at radius 3 is 2.30 bits per heavy atom. The lowest BCUT2D eigenvalue weighted by atomic mass is 10.1. The smallest absolute Gasteiger partial charge is 0.342 e. The van der Waals surface area contributed by atoms with Crippen molar-refractivity contribution < 1.29 is 14.3 Å². The number of carbonyl (C=O) groups excluding carboxylic acids is 1. The van der Waals surface area contributed by atoms with Crippen LogP contribution in [0.25, 0.3) is 0 Å². The Balaban J connectivity index is 0.000000386. The van der Waals surface area contributed by atoms with Crippen LogP contribution in [0.2, 0.25) is 10.0 Å². The van der Waals surface area contributed by atoms with Crippen LogP contribution in [0.15, 0.2) is 66.7 Å². The van der Waals surface area contributed by atoms with Crippen molar-refractivity contribution in [3.8, 4) is 0 Å². The topological polar surface area (TPSA) is 73.6 Å². The van der Waals surface area contributed by atoms with E-state index >= 15 is 0 Å². The molecule has 0 fully saturated rings. The highest BCUT2D eigenvalue weighted by Gasteiger charge is 2.15. The number of hydrogen-bond acceptors (Lipinski definition) is 5. The third kappa shape index (κ3) is 6.95. The monoisotopic (exact) mass is 446 g/mol. The second-order valence-corrected chi connectivity index (χ2v) is 6.96. The molecule has 3 aromatic carbocycles. The molecule has 5 nitrogen and oxygen atoms in total. The van der Waals surface area contributed by atoms with Crippen LogP contribution in [0.1, 0.15) is 22.8 Å². The normalized spacial score (nSPS) is 10.0. The molecule has 0 unspecified atom stereocenters. The summed E-state index contributed by atoms with van der Waals surface area (Å²) in [6, 6.07) is 20.0. The number of nitrogens with one attached hydrogen (secondary N) is 1. The van der Waals surface area contributed by atoms with Crippen molar-refractivity contribution in [3.05, 3.63) is 87.9 Å². The molecule has 3 aromatic rings. The third-order valence-electron chi connectivity index (χ3n) is 3.97. The van der Waals surface area contributed by atoms with Crippen LogP contribution in [0.4, 0.5) is 17.1 Å². The molecule has 158 valence electrons. The summed E-state index contributed by atoms with van der Waals surface area (Å²) in [7, 11) is 0. The molecule has 0 saturated carbocycles. The summed E-state index contributed by atoms with van der Waals surface area (Å²) in [6.45, 7) is 4.09. The molecule has 7 heteroatoms. The lowest BCUT2D eigenvalue weighted by molar-refractivity contribution is -0.0273. The zero-order valence-corrected chi connectivity index (χ0v) is 18.3. The molecule has 0 aromatic heterocycles. The summed E-state index contributed by atoms with van der Waals surface area (Å²) in [5.74, 6) is -0.485. The van der Waals surface area contributed by atoms with E-state index in [4.69, 9.17) is 38.4 Å². The number of anilines is 3. The molecule has 0 atom stereocenters. The van der Waals surface area contributed by atoms with E-state index in [0.29, 0.717) is 33.6 Å². The zero-order chi connectivity index (χ0) is 21.9. The van der Waals surface area contributed by atoms with Gasteiger partial charge in [-0.3, -0.25) is 0 Å². The van der Waals surface area contributed by atoms with Crippen LogP contribution in [0.5, 0.6) is 0 Å². The largest absolute Gasteiger partial charge is 0.435 e. The molecule has 0 aliphatic rings. The number of aryl methyl sites for hydroxylation is 1. The number of benzene rings is 3. The van der Waals surface area contributed by atoms with Gasteiger partial charge < -0.3 is 20.5 Å². The summed E-state index contributed by atoms with van der Waals surface area (Å²) < 4.78 is 10.1. The van der Waals surface area contributed by atoms with E-state index in [1.165, 1.54) is 0 Å². The molecule has 30 heavy (non-hydrogen) atoms. The fourth-order valence-electron chi connectivity index (χ4n) is 2.39. The molecular formula is C23H24Cl2N2O3. The van der Waals surface area contributed by atoms with E-state index in [0.717, 1.165) is 11.3 Å². The highest BCUT2D eigenvalue weighted by atomic mass is 35.5. The van der Waals surface area contributed by atoms with Crippen molar-refractivity contribution in [1.29, 1.82) is 0 Å². The predicted octanol–water partition coefficient (Wildman–Crippen LogP) is 6.47. The van der Waals surface area contributed by atoms with E-state index in [-0.39, 0.29) is 6.79 Å². The Hall–Kier alpha value is -2.73. The molecule has 3 rings (SSSR count). The van der Waals surface area contributed by atoms with Crippen molar-refractivity contribution in [1.82, 2.24) is 0 Å². The van der Waals surface area contributed by atoms with Gasteiger partial charge in [0, 0.05) is 12.3 Å². The maximum atomic E-state index is 12.2. The average molecular weight is 447 g/mol. The predicted molar refractivity (Wildman–Crippen MR) is 124 cm³/mol.